The van der Waals surface area contributed by atoms with Gasteiger partial charge in [0.1, 0.15) is 5.78 Å². The molecule has 2 fully saturated rings. The first-order chi connectivity index (χ1) is 6.70. The minimum Gasteiger partial charge on any atom is -0.299 e. The Morgan fingerprint density at radius 2 is 1.93 bits per heavy atom. The molecule has 0 atom stereocenters. The molecule has 0 aromatic carbocycles. The topological polar surface area (TPSA) is 20.3 Å². The maximum Gasteiger partial charge on any atom is 0.143 e. The molecule has 1 saturated carbocycles. The third-order valence-electron chi connectivity index (χ3n) is 3.88. The summed E-state index contributed by atoms with van der Waals surface area (Å²) in [5.74, 6) is 0.317. The molecule has 2 nitrogen and oxygen atoms in total. The third-order valence-corrected chi connectivity index (χ3v) is 3.88. The van der Waals surface area contributed by atoms with E-state index in [0.717, 1.165) is 6.54 Å². The Labute approximate surface area is 86.7 Å². The molecule has 2 rings (SSSR count). The van der Waals surface area contributed by atoms with Crippen molar-refractivity contribution in [2.45, 2.75) is 45.4 Å². The molecule has 14 heavy (non-hydrogen) atoms. The molecule has 1 aliphatic carbocycles. The molecule has 2 aliphatic rings. The Morgan fingerprint density at radius 1 is 1.21 bits per heavy atom. The Kier molecular flexibility index (Phi) is 2.91. The highest BCUT2D eigenvalue weighted by molar-refractivity contribution is 5.77. The summed E-state index contributed by atoms with van der Waals surface area (Å²) in [5, 5.41) is 0. The van der Waals surface area contributed by atoms with Crippen LogP contribution in [0, 0.1) is 5.41 Å². The van der Waals surface area contributed by atoms with Crippen molar-refractivity contribution in [2.75, 3.05) is 19.6 Å². The summed E-state index contributed by atoms with van der Waals surface area (Å²) in [6.07, 6.45) is 8.39. The summed E-state index contributed by atoms with van der Waals surface area (Å²) in [4.78, 5) is 13.4. The smallest absolute Gasteiger partial charge is 0.143 e. The van der Waals surface area contributed by atoms with Crippen LogP contribution in [0.5, 0.6) is 0 Å². The van der Waals surface area contributed by atoms with Gasteiger partial charge >= 0.3 is 0 Å². The Morgan fingerprint density at radius 3 is 2.57 bits per heavy atom. The first kappa shape index (κ1) is 10.2. The lowest BCUT2D eigenvalue weighted by Gasteiger charge is -2.33. The lowest BCUT2D eigenvalue weighted by Crippen LogP contribution is -2.31. The van der Waals surface area contributed by atoms with Crippen molar-refractivity contribution in [3.8, 4) is 0 Å². The summed E-state index contributed by atoms with van der Waals surface area (Å²) >= 11 is 0. The van der Waals surface area contributed by atoms with Crippen LogP contribution < -0.4 is 0 Å². The summed E-state index contributed by atoms with van der Waals surface area (Å²) in [6, 6.07) is 0. The van der Waals surface area contributed by atoms with Gasteiger partial charge in [-0.05, 0) is 38.1 Å². The number of carbonyl (C=O) groups excluding carboxylic acids is 1. The number of hydrogen-bond acceptors (Lipinski definition) is 2. The summed E-state index contributed by atoms with van der Waals surface area (Å²) in [6.45, 7) is 4.72. The lowest BCUT2D eigenvalue weighted by atomic mass is 9.73. The van der Waals surface area contributed by atoms with E-state index in [-0.39, 0.29) is 0 Å². The van der Waals surface area contributed by atoms with Crippen LogP contribution in [0.25, 0.3) is 0 Å². The average molecular weight is 195 g/mol. The highest BCUT2D eigenvalue weighted by Crippen LogP contribution is 2.43. The fourth-order valence-electron chi connectivity index (χ4n) is 3.19. The van der Waals surface area contributed by atoms with Crippen LogP contribution in [0.3, 0.4) is 0 Å². The average Bonchev–Trinajstić information content (AvgIpc) is 2.49. The van der Waals surface area contributed by atoms with Gasteiger partial charge in [0.05, 0.1) is 6.54 Å². The number of nitrogens with zero attached hydrogens (tertiary/aromatic N) is 1. The van der Waals surface area contributed by atoms with Gasteiger partial charge in [0.15, 0.2) is 0 Å². The normalized spacial score (nSPS) is 26.9. The van der Waals surface area contributed by atoms with Gasteiger partial charge in [-0.3, -0.25) is 9.69 Å². The first-order valence-corrected chi connectivity index (χ1v) is 5.92. The van der Waals surface area contributed by atoms with Crippen molar-refractivity contribution in [1.29, 1.82) is 0 Å². The van der Waals surface area contributed by atoms with E-state index in [1.165, 1.54) is 45.1 Å². The van der Waals surface area contributed by atoms with Gasteiger partial charge in [-0.1, -0.05) is 19.3 Å². The van der Waals surface area contributed by atoms with Gasteiger partial charge < -0.3 is 0 Å². The molecule has 80 valence electrons. The van der Waals surface area contributed by atoms with Gasteiger partial charge in [-0.15, -0.1) is 0 Å². The van der Waals surface area contributed by atoms with Crippen molar-refractivity contribution in [2.24, 2.45) is 5.41 Å². The second kappa shape index (κ2) is 4.01. The summed E-state index contributed by atoms with van der Waals surface area (Å²) < 4.78 is 0. The van der Waals surface area contributed by atoms with E-state index >= 15 is 0 Å². The molecule has 1 heterocycles. The summed E-state index contributed by atoms with van der Waals surface area (Å²) in [5.41, 5.74) is 0.605. The number of Topliss-reactive ketones (excluding diaryl/α,β-unsaturated/α-hetero) is 1. The largest absolute Gasteiger partial charge is 0.299 e. The Hall–Kier alpha value is -0.370. The Bertz CT molecular complexity index is 218. The lowest BCUT2D eigenvalue weighted by molar-refractivity contribution is -0.118. The van der Waals surface area contributed by atoms with E-state index in [4.69, 9.17) is 0 Å². The zero-order valence-corrected chi connectivity index (χ0v) is 9.22. The number of rotatable bonds is 2. The second-order valence-corrected chi connectivity index (χ2v) is 5.22. The minimum atomic E-state index is 0.317. The molecular formula is C12H21NO. The maximum atomic E-state index is 11.0. The van der Waals surface area contributed by atoms with E-state index in [1.807, 2.05) is 0 Å². The van der Waals surface area contributed by atoms with Gasteiger partial charge in [-0.2, -0.15) is 0 Å². The molecule has 0 aromatic heterocycles. The molecule has 1 aliphatic heterocycles. The van der Waals surface area contributed by atoms with Gasteiger partial charge in [-0.25, -0.2) is 0 Å². The molecule has 0 aromatic rings. The van der Waals surface area contributed by atoms with Crippen molar-refractivity contribution in [3.05, 3.63) is 0 Å². The van der Waals surface area contributed by atoms with E-state index in [2.05, 4.69) is 4.90 Å². The monoisotopic (exact) mass is 195 g/mol. The predicted octanol–water partition coefficient (Wildman–Crippen LogP) is 2.23. The van der Waals surface area contributed by atoms with E-state index < -0.39 is 0 Å². The molecule has 1 saturated heterocycles. The third kappa shape index (κ3) is 2.17. The Balaban J connectivity index is 1.89. The summed E-state index contributed by atoms with van der Waals surface area (Å²) in [7, 11) is 0. The zero-order valence-electron chi connectivity index (χ0n) is 9.22. The second-order valence-electron chi connectivity index (χ2n) is 5.22. The van der Waals surface area contributed by atoms with Crippen molar-refractivity contribution in [1.82, 2.24) is 4.90 Å². The standard InChI is InChI=1S/C12H21NO/c1-11(14)9-13-8-7-12(10-13)5-3-2-4-6-12/h2-10H2,1H3. The SMILES string of the molecule is CC(=O)CN1CCC2(CCCCC2)C1. The number of carbonyl (C=O) groups is 1. The van der Waals surface area contributed by atoms with Crippen LogP contribution in [0.4, 0.5) is 0 Å². The molecule has 1 spiro atoms. The van der Waals surface area contributed by atoms with Crippen LogP contribution in [-0.4, -0.2) is 30.3 Å². The van der Waals surface area contributed by atoms with Gasteiger partial charge in [0.2, 0.25) is 0 Å². The highest BCUT2D eigenvalue weighted by atomic mass is 16.1. The minimum absolute atomic E-state index is 0.317. The quantitative estimate of drug-likeness (QED) is 0.673. The van der Waals surface area contributed by atoms with Crippen LogP contribution in [0.1, 0.15) is 45.4 Å². The van der Waals surface area contributed by atoms with Crippen molar-refractivity contribution < 1.29 is 4.79 Å². The molecule has 0 amide bonds. The molecule has 2 heteroatoms. The van der Waals surface area contributed by atoms with Crippen LogP contribution in [0.15, 0.2) is 0 Å². The fraction of sp³-hybridized carbons (Fsp3) is 0.917. The molecule has 0 N–H and O–H groups in total. The highest BCUT2D eigenvalue weighted by Gasteiger charge is 2.38. The van der Waals surface area contributed by atoms with Crippen molar-refractivity contribution >= 4 is 5.78 Å². The number of likely N-dealkylation sites (tertiary alicyclic amines) is 1. The van der Waals surface area contributed by atoms with E-state index in [9.17, 15) is 4.79 Å². The van der Waals surface area contributed by atoms with Crippen LogP contribution in [-0.2, 0) is 4.79 Å². The van der Waals surface area contributed by atoms with E-state index in [1.54, 1.807) is 6.92 Å². The molecule has 0 unspecified atom stereocenters. The van der Waals surface area contributed by atoms with Gasteiger partial charge in [0.25, 0.3) is 0 Å². The zero-order chi connectivity index (χ0) is 10.0. The van der Waals surface area contributed by atoms with Gasteiger partial charge in [0, 0.05) is 6.54 Å². The first-order valence-electron chi connectivity index (χ1n) is 5.92. The van der Waals surface area contributed by atoms with Crippen LogP contribution in [0.2, 0.25) is 0 Å². The van der Waals surface area contributed by atoms with E-state index in [0.29, 0.717) is 17.7 Å². The van der Waals surface area contributed by atoms with Crippen molar-refractivity contribution in [3.63, 3.8) is 0 Å². The fourth-order valence-corrected chi connectivity index (χ4v) is 3.19. The predicted molar refractivity (Wildman–Crippen MR) is 57.3 cm³/mol. The molecule has 0 radical (unpaired) electrons. The number of ketones is 1. The molecule has 0 bridgehead atoms. The van der Waals surface area contributed by atoms with Crippen LogP contribution >= 0.6 is 0 Å². The number of hydrogen-bond donors (Lipinski definition) is 0. The maximum absolute atomic E-state index is 11.0. The molecular weight excluding hydrogens is 174 g/mol.